The Labute approximate surface area is 124 Å². The molecule has 2 heterocycles. The van der Waals surface area contributed by atoms with Gasteiger partial charge in [0.2, 0.25) is 0 Å². The highest BCUT2D eigenvalue weighted by molar-refractivity contribution is 5.56. The minimum atomic E-state index is 0.786. The third-order valence-corrected chi connectivity index (χ3v) is 3.59. The van der Waals surface area contributed by atoms with E-state index in [2.05, 4.69) is 28.2 Å². The van der Waals surface area contributed by atoms with Crippen molar-refractivity contribution in [2.45, 2.75) is 27.7 Å². The largest absolute Gasteiger partial charge is 0.283 e. The van der Waals surface area contributed by atoms with Crippen LogP contribution in [0.4, 0.5) is 11.5 Å². The monoisotopic (exact) mass is 278 g/mol. The first-order chi connectivity index (χ1) is 10.1. The number of hydrogen-bond acceptors (Lipinski definition) is 3. The minimum Gasteiger partial charge on any atom is -0.283 e. The average Bonchev–Trinajstić information content (AvgIpc) is 2.76. The van der Waals surface area contributed by atoms with E-state index in [1.54, 1.807) is 0 Å². The second kappa shape index (κ2) is 5.13. The van der Waals surface area contributed by atoms with Crippen molar-refractivity contribution in [1.29, 1.82) is 0 Å². The van der Waals surface area contributed by atoms with Crippen LogP contribution in [0.2, 0.25) is 0 Å². The van der Waals surface area contributed by atoms with Gasteiger partial charge in [-0.1, -0.05) is 23.8 Å². The van der Waals surface area contributed by atoms with Crippen LogP contribution in [0, 0.1) is 27.7 Å². The Morgan fingerprint density at radius 3 is 2.52 bits per heavy atom. The number of rotatable bonds is 2. The quantitative estimate of drug-likeness (QED) is 0.609. The van der Waals surface area contributed by atoms with E-state index in [1.165, 1.54) is 5.56 Å². The van der Waals surface area contributed by atoms with Crippen molar-refractivity contribution in [3.05, 3.63) is 58.9 Å². The van der Waals surface area contributed by atoms with Crippen molar-refractivity contribution >= 4 is 17.2 Å². The molecule has 0 N–H and O–H groups in total. The summed E-state index contributed by atoms with van der Waals surface area (Å²) in [5.74, 6) is 0.786. The van der Waals surface area contributed by atoms with Gasteiger partial charge in [-0.3, -0.25) is 4.40 Å². The van der Waals surface area contributed by atoms with E-state index in [4.69, 9.17) is 0 Å². The van der Waals surface area contributed by atoms with Gasteiger partial charge in [-0.15, -0.1) is 10.2 Å². The molecule has 0 radical (unpaired) electrons. The van der Waals surface area contributed by atoms with Crippen LogP contribution in [0.1, 0.15) is 22.4 Å². The molecule has 0 spiro atoms. The first kappa shape index (κ1) is 13.5. The molecule has 0 atom stereocenters. The minimum absolute atomic E-state index is 0.786. The van der Waals surface area contributed by atoms with Crippen molar-refractivity contribution in [2.75, 3.05) is 0 Å². The van der Waals surface area contributed by atoms with Crippen LogP contribution in [0.25, 0.3) is 5.65 Å². The van der Waals surface area contributed by atoms with Gasteiger partial charge >= 0.3 is 0 Å². The normalized spacial score (nSPS) is 11.6. The molecule has 0 unspecified atom stereocenters. The smallest absolute Gasteiger partial charge is 0.182 e. The molecule has 0 aliphatic carbocycles. The summed E-state index contributed by atoms with van der Waals surface area (Å²) in [4.78, 5) is 4.57. The van der Waals surface area contributed by atoms with Gasteiger partial charge in [0.25, 0.3) is 0 Å². The van der Waals surface area contributed by atoms with Crippen LogP contribution >= 0.6 is 0 Å². The van der Waals surface area contributed by atoms with Gasteiger partial charge in [0.1, 0.15) is 5.65 Å². The zero-order valence-corrected chi connectivity index (χ0v) is 12.8. The zero-order valence-electron chi connectivity index (χ0n) is 12.8. The number of aryl methyl sites for hydroxylation is 4. The zero-order chi connectivity index (χ0) is 15.0. The number of hydrogen-bond donors (Lipinski definition) is 0. The number of imidazole rings is 1. The van der Waals surface area contributed by atoms with Crippen LogP contribution in [0.5, 0.6) is 0 Å². The highest BCUT2D eigenvalue weighted by Gasteiger charge is 2.09. The summed E-state index contributed by atoms with van der Waals surface area (Å²) >= 11 is 0. The van der Waals surface area contributed by atoms with Gasteiger partial charge in [0.05, 0.1) is 11.4 Å². The lowest BCUT2D eigenvalue weighted by atomic mass is 10.1. The van der Waals surface area contributed by atoms with E-state index in [1.807, 2.05) is 55.6 Å². The molecule has 0 saturated carbocycles. The van der Waals surface area contributed by atoms with Gasteiger partial charge in [-0.05, 0) is 51.0 Å². The maximum absolute atomic E-state index is 4.57. The summed E-state index contributed by atoms with van der Waals surface area (Å²) < 4.78 is 1.98. The fraction of sp³-hybridized carbons (Fsp3) is 0.235. The Kier molecular flexibility index (Phi) is 3.29. The maximum Gasteiger partial charge on any atom is 0.182 e. The maximum atomic E-state index is 4.57. The molecule has 21 heavy (non-hydrogen) atoms. The second-order valence-corrected chi connectivity index (χ2v) is 5.40. The molecule has 0 bridgehead atoms. The molecule has 0 aliphatic rings. The molecule has 4 heteroatoms. The Hall–Kier alpha value is -2.49. The third-order valence-electron chi connectivity index (χ3n) is 3.59. The van der Waals surface area contributed by atoms with Gasteiger partial charge in [-0.2, -0.15) is 0 Å². The standard InChI is InChI=1S/C17H18N4/c1-11-7-8-15(13(3)10-11)19-20-17-14(4)18-16-12(2)6-5-9-21(16)17/h5-10H,1-4H3. The molecule has 0 saturated heterocycles. The molecule has 1 aromatic carbocycles. The number of nitrogens with zero attached hydrogens (tertiary/aromatic N) is 4. The van der Waals surface area contributed by atoms with Crippen LogP contribution in [0.15, 0.2) is 46.8 Å². The van der Waals surface area contributed by atoms with E-state index in [0.29, 0.717) is 0 Å². The topological polar surface area (TPSA) is 42.0 Å². The van der Waals surface area contributed by atoms with E-state index in [0.717, 1.165) is 34.0 Å². The molecule has 0 aliphatic heterocycles. The summed E-state index contributed by atoms with van der Waals surface area (Å²) in [5, 5.41) is 8.82. The van der Waals surface area contributed by atoms with Gasteiger partial charge in [0.15, 0.2) is 5.82 Å². The average molecular weight is 278 g/mol. The van der Waals surface area contributed by atoms with Crippen LogP contribution < -0.4 is 0 Å². The van der Waals surface area contributed by atoms with Crippen molar-refractivity contribution < 1.29 is 0 Å². The Morgan fingerprint density at radius 2 is 1.76 bits per heavy atom. The Balaban J connectivity index is 2.07. The van der Waals surface area contributed by atoms with E-state index in [-0.39, 0.29) is 0 Å². The lowest BCUT2D eigenvalue weighted by Crippen LogP contribution is -1.85. The van der Waals surface area contributed by atoms with Gasteiger partial charge in [-0.25, -0.2) is 4.98 Å². The summed E-state index contributed by atoms with van der Waals surface area (Å²) in [7, 11) is 0. The third kappa shape index (κ3) is 2.44. The van der Waals surface area contributed by atoms with E-state index < -0.39 is 0 Å². The highest BCUT2D eigenvalue weighted by Crippen LogP contribution is 2.26. The van der Waals surface area contributed by atoms with Gasteiger partial charge in [0, 0.05) is 6.20 Å². The van der Waals surface area contributed by atoms with Crippen LogP contribution in [0.3, 0.4) is 0 Å². The summed E-state index contributed by atoms with van der Waals surface area (Å²) in [5.41, 5.74) is 6.20. The van der Waals surface area contributed by atoms with Crippen LogP contribution in [-0.4, -0.2) is 9.38 Å². The molecule has 4 nitrogen and oxygen atoms in total. The van der Waals surface area contributed by atoms with Crippen molar-refractivity contribution in [3.8, 4) is 0 Å². The highest BCUT2D eigenvalue weighted by atomic mass is 15.2. The second-order valence-electron chi connectivity index (χ2n) is 5.40. The van der Waals surface area contributed by atoms with E-state index >= 15 is 0 Å². The van der Waals surface area contributed by atoms with E-state index in [9.17, 15) is 0 Å². The lowest BCUT2D eigenvalue weighted by molar-refractivity contribution is 1.08. The van der Waals surface area contributed by atoms with Crippen molar-refractivity contribution in [3.63, 3.8) is 0 Å². The van der Waals surface area contributed by atoms with Crippen molar-refractivity contribution in [2.24, 2.45) is 10.2 Å². The number of azo groups is 1. The summed E-state index contributed by atoms with van der Waals surface area (Å²) in [6.45, 7) is 8.13. The molecular weight excluding hydrogens is 260 g/mol. The fourth-order valence-corrected chi connectivity index (χ4v) is 2.44. The Bertz CT molecular complexity index is 843. The first-order valence-electron chi connectivity index (χ1n) is 6.99. The summed E-state index contributed by atoms with van der Waals surface area (Å²) in [6, 6.07) is 10.2. The predicted molar refractivity (Wildman–Crippen MR) is 84.8 cm³/mol. The number of pyridine rings is 1. The molecule has 3 rings (SSSR count). The predicted octanol–water partition coefficient (Wildman–Crippen LogP) is 4.98. The molecule has 106 valence electrons. The molecule has 0 fully saturated rings. The first-order valence-corrected chi connectivity index (χ1v) is 6.99. The molecule has 2 aromatic heterocycles. The number of benzene rings is 1. The van der Waals surface area contributed by atoms with Crippen molar-refractivity contribution in [1.82, 2.24) is 9.38 Å². The fourth-order valence-electron chi connectivity index (χ4n) is 2.44. The molecular formula is C17H18N4. The molecule has 3 aromatic rings. The SMILES string of the molecule is Cc1ccc(N=Nc2c(C)nc3c(C)cccn23)c(C)c1. The van der Waals surface area contributed by atoms with Crippen LogP contribution in [-0.2, 0) is 0 Å². The Morgan fingerprint density at radius 1 is 0.952 bits per heavy atom. The summed E-state index contributed by atoms with van der Waals surface area (Å²) in [6.07, 6.45) is 1.97. The van der Waals surface area contributed by atoms with Gasteiger partial charge < -0.3 is 0 Å². The number of aromatic nitrogens is 2. The molecule has 0 amide bonds. The number of fused-ring (bicyclic) bond motifs is 1. The lowest BCUT2D eigenvalue weighted by Gasteiger charge is -2.01.